The molecular weight excluding hydrogens is 344 g/mol. The molecule has 1 saturated heterocycles. The molecule has 2 rings (SSSR count). The highest BCUT2D eigenvalue weighted by Gasteiger charge is 2.52. The summed E-state index contributed by atoms with van der Waals surface area (Å²) in [5.74, 6) is -1.04. The van der Waals surface area contributed by atoms with Crippen molar-refractivity contribution in [2.45, 2.75) is 51.5 Å². The van der Waals surface area contributed by atoms with Crippen LogP contribution in [0.3, 0.4) is 0 Å². The number of carbonyl (C=O) groups excluding carboxylic acids is 2. The van der Waals surface area contributed by atoms with E-state index in [0.29, 0.717) is 5.56 Å². The fourth-order valence-corrected chi connectivity index (χ4v) is 3.03. The Morgan fingerprint density at radius 2 is 2.12 bits per heavy atom. The number of nitrogens with one attached hydrogen (secondary N) is 1. The van der Waals surface area contributed by atoms with Crippen molar-refractivity contribution in [2.75, 3.05) is 6.61 Å². The summed E-state index contributed by atoms with van der Waals surface area (Å²) >= 11 is 0. The van der Waals surface area contributed by atoms with Gasteiger partial charge in [0.1, 0.15) is 24.5 Å². The van der Waals surface area contributed by atoms with Crippen LogP contribution in [0.25, 0.3) is 0 Å². The number of nitrogens with zero attached hydrogens (tertiary/aromatic N) is 1. The highest BCUT2D eigenvalue weighted by Crippen LogP contribution is 2.42. The van der Waals surface area contributed by atoms with E-state index in [9.17, 15) is 19.2 Å². The average molecular weight is 366 g/mol. The van der Waals surface area contributed by atoms with Gasteiger partial charge in [0.25, 0.3) is 5.56 Å². The molecule has 0 saturated carbocycles. The molecular formula is C17H22N2O7. The van der Waals surface area contributed by atoms with Crippen molar-refractivity contribution >= 4 is 11.9 Å². The Bertz CT molecular complexity index is 825. The summed E-state index contributed by atoms with van der Waals surface area (Å²) in [7, 11) is 0. The van der Waals surface area contributed by atoms with Crippen LogP contribution in [0.5, 0.6) is 0 Å². The Labute approximate surface area is 149 Å². The standard InChI is InChI=1S/C17H22N2O7/c1-5-6-17(26-12(4)21)7-14(25-13(17)9-24-11(3)20)19-8-10(2)15(22)18-16(19)23/h5,8,13-14H,1,6-7,9H2,2-4H3,(H,18,22,23)/t13-,14?,17-/m1/s1. The van der Waals surface area contributed by atoms with Crippen LogP contribution in [0.15, 0.2) is 28.4 Å². The van der Waals surface area contributed by atoms with Crippen LogP contribution in [-0.2, 0) is 23.8 Å². The van der Waals surface area contributed by atoms with Crippen molar-refractivity contribution in [1.29, 1.82) is 0 Å². The number of carbonyl (C=O) groups is 2. The number of esters is 2. The average Bonchev–Trinajstić information content (AvgIpc) is 2.86. The van der Waals surface area contributed by atoms with Crippen LogP contribution >= 0.6 is 0 Å². The van der Waals surface area contributed by atoms with Crippen LogP contribution in [0.4, 0.5) is 0 Å². The monoisotopic (exact) mass is 366 g/mol. The minimum atomic E-state index is -1.14. The quantitative estimate of drug-likeness (QED) is 0.578. The molecule has 142 valence electrons. The summed E-state index contributed by atoms with van der Waals surface area (Å²) in [4.78, 5) is 48.8. The molecule has 1 aliphatic heterocycles. The van der Waals surface area contributed by atoms with E-state index in [1.807, 2.05) is 0 Å². The van der Waals surface area contributed by atoms with E-state index in [1.54, 1.807) is 13.0 Å². The van der Waals surface area contributed by atoms with E-state index in [-0.39, 0.29) is 19.4 Å². The molecule has 26 heavy (non-hydrogen) atoms. The molecule has 0 bridgehead atoms. The SMILES string of the molecule is C=CC[C@@]1(OC(C)=O)CC(n2cc(C)c(=O)[nH]c2=O)O[C@@H]1COC(C)=O. The number of H-pyrrole nitrogens is 1. The van der Waals surface area contributed by atoms with Crippen molar-refractivity contribution in [3.05, 3.63) is 45.3 Å². The summed E-state index contributed by atoms with van der Waals surface area (Å²) < 4.78 is 17.7. The van der Waals surface area contributed by atoms with Gasteiger partial charge in [0.05, 0.1) is 0 Å². The van der Waals surface area contributed by atoms with Crippen LogP contribution in [0.1, 0.15) is 38.5 Å². The maximum atomic E-state index is 12.2. The molecule has 1 aromatic heterocycles. The summed E-state index contributed by atoms with van der Waals surface area (Å²) in [6, 6.07) is 0. The molecule has 1 fully saturated rings. The number of aromatic amines is 1. The third-order valence-electron chi connectivity index (χ3n) is 4.16. The first-order valence-electron chi connectivity index (χ1n) is 8.10. The lowest BCUT2D eigenvalue weighted by Crippen LogP contribution is -2.45. The van der Waals surface area contributed by atoms with Crippen LogP contribution in [0.2, 0.25) is 0 Å². The molecule has 0 spiro atoms. The molecule has 1 N–H and O–H groups in total. The minimum absolute atomic E-state index is 0.135. The highest BCUT2D eigenvalue weighted by molar-refractivity contribution is 5.67. The summed E-state index contributed by atoms with van der Waals surface area (Å²) in [5, 5.41) is 0. The first kappa shape index (κ1) is 19.6. The third-order valence-corrected chi connectivity index (χ3v) is 4.16. The molecule has 0 amide bonds. The lowest BCUT2D eigenvalue weighted by Gasteiger charge is -2.31. The van der Waals surface area contributed by atoms with Crippen molar-refractivity contribution in [2.24, 2.45) is 0 Å². The van der Waals surface area contributed by atoms with Crippen molar-refractivity contribution in [1.82, 2.24) is 9.55 Å². The summed E-state index contributed by atoms with van der Waals surface area (Å²) in [5.41, 5.74) is -1.94. The second-order valence-electron chi connectivity index (χ2n) is 6.22. The maximum Gasteiger partial charge on any atom is 0.330 e. The van der Waals surface area contributed by atoms with E-state index in [0.717, 1.165) is 0 Å². The molecule has 0 aliphatic carbocycles. The van der Waals surface area contributed by atoms with Gasteiger partial charge >= 0.3 is 17.6 Å². The van der Waals surface area contributed by atoms with E-state index in [4.69, 9.17) is 14.2 Å². The fraction of sp³-hybridized carbons (Fsp3) is 0.529. The van der Waals surface area contributed by atoms with Crippen molar-refractivity contribution in [3.63, 3.8) is 0 Å². The topological polar surface area (TPSA) is 117 Å². The molecule has 1 aromatic rings. The first-order valence-corrected chi connectivity index (χ1v) is 8.10. The second-order valence-corrected chi connectivity index (χ2v) is 6.22. The number of ether oxygens (including phenoxy) is 3. The Balaban J connectivity index is 2.42. The van der Waals surface area contributed by atoms with Gasteiger partial charge in [-0.2, -0.15) is 0 Å². The zero-order valence-electron chi connectivity index (χ0n) is 14.9. The Morgan fingerprint density at radius 1 is 1.42 bits per heavy atom. The largest absolute Gasteiger partial charge is 0.463 e. The van der Waals surface area contributed by atoms with Gasteiger partial charge in [-0.05, 0) is 6.92 Å². The fourth-order valence-electron chi connectivity index (χ4n) is 3.03. The normalized spacial score (nSPS) is 24.9. The van der Waals surface area contributed by atoms with Crippen molar-refractivity contribution < 1.29 is 23.8 Å². The molecule has 2 heterocycles. The molecule has 0 aromatic carbocycles. The van der Waals surface area contributed by atoms with Crippen LogP contribution in [-0.4, -0.2) is 39.8 Å². The second kappa shape index (κ2) is 7.69. The van der Waals surface area contributed by atoms with Crippen molar-refractivity contribution in [3.8, 4) is 0 Å². The lowest BCUT2D eigenvalue weighted by atomic mass is 9.90. The van der Waals surface area contributed by atoms with E-state index < -0.39 is 41.1 Å². The predicted octanol–water partition coefficient (Wildman–Crippen LogP) is 0.574. The van der Waals surface area contributed by atoms with Gasteiger partial charge in [0, 0.05) is 38.4 Å². The van der Waals surface area contributed by atoms with Gasteiger partial charge in [-0.3, -0.25) is 23.9 Å². The lowest BCUT2D eigenvalue weighted by molar-refractivity contribution is -0.170. The number of rotatable bonds is 6. The van der Waals surface area contributed by atoms with Gasteiger partial charge in [0.2, 0.25) is 0 Å². The number of hydrogen-bond donors (Lipinski definition) is 1. The Hall–Kier alpha value is -2.68. The van der Waals surface area contributed by atoms with Gasteiger partial charge in [-0.15, -0.1) is 6.58 Å². The van der Waals surface area contributed by atoms with Gasteiger partial charge in [-0.25, -0.2) is 4.79 Å². The van der Waals surface area contributed by atoms with Crippen LogP contribution < -0.4 is 11.2 Å². The number of aryl methyl sites for hydroxylation is 1. The van der Waals surface area contributed by atoms with Gasteiger partial charge < -0.3 is 14.2 Å². The molecule has 9 nitrogen and oxygen atoms in total. The maximum absolute atomic E-state index is 12.2. The van der Waals surface area contributed by atoms with E-state index >= 15 is 0 Å². The molecule has 9 heteroatoms. The van der Waals surface area contributed by atoms with Gasteiger partial charge in [-0.1, -0.05) is 6.08 Å². The molecule has 0 radical (unpaired) electrons. The van der Waals surface area contributed by atoms with Crippen LogP contribution in [0, 0.1) is 6.92 Å². The molecule has 1 aliphatic rings. The zero-order valence-corrected chi connectivity index (χ0v) is 14.9. The minimum Gasteiger partial charge on any atom is -0.463 e. The zero-order chi connectivity index (χ0) is 19.5. The summed E-state index contributed by atoms with van der Waals surface area (Å²) in [6.45, 7) is 7.60. The number of hydrogen-bond acceptors (Lipinski definition) is 7. The third kappa shape index (κ3) is 4.10. The van der Waals surface area contributed by atoms with E-state index in [1.165, 1.54) is 24.6 Å². The number of aromatic nitrogens is 2. The van der Waals surface area contributed by atoms with E-state index in [2.05, 4.69) is 11.6 Å². The smallest absolute Gasteiger partial charge is 0.330 e. The molecule has 1 unspecified atom stereocenters. The Morgan fingerprint density at radius 3 is 2.69 bits per heavy atom. The molecule has 3 atom stereocenters. The summed E-state index contributed by atoms with van der Waals surface area (Å²) in [6.07, 6.45) is 1.72. The predicted molar refractivity (Wildman–Crippen MR) is 90.5 cm³/mol. The van der Waals surface area contributed by atoms with Gasteiger partial charge in [0.15, 0.2) is 0 Å². The Kier molecular flexibility index (Phi) is 5.81. The first-order chi connectivity index (χ1) is 12.2. The highest BCUT2D eigenvalue weighted by atomic mass is 16.6.